The number of phenolic OH excluding ortho intramolecular Hbond substituents is 1. The lowest BCUT2D eigenvalue weighted by molar-refractivity contribution is 0.0824. The molecule has 0 aliphatic rings. The third kappa shape index (κ3) is 5.16. The van der Waals surface area contributed by atoms with Crippen LogP contribution in [0.15, 0.2) is 46.9 Å². The van der Waals surface area contributed by atoms with Crippen LogP contribution >= 0.6 is 27.7 Å². The molecule has 0 bridgehead atoms. The first-order chi connectivity index (χ1) is 14.6. The van der Waals surface area contributed by atoms with Gasteiger partial charge in [0, 0.05) is 18.6 Å². The average molecular weight is 504 g/mol. The molecule has 0 aliphatic carbocycles. The molecule has 0 radical (unpaired) electrons. The van der Waals surface area contributed by atoms with E-state index in [1.165, 1.54) is 4.90 Å². The highest BCUT2D eigenvalue weighted by molar-refractivity contribution is 9.10. The highest BCUT2D eigenvalue weighted by atomic mass is 79.9. The second-order valence-corrected chi connectivity index (χ2v) is 9.84. The quantitative estimate of drug-likeness (QED) is 0.376. The summed E-state index contributed by atoms with van der Waals surface area (Å²) in [4.78, 5) is 13.9. The molecule has 7 nitrogen and oxygen atoms in total. The molecule has 3 N–H and O–H groups in total. The number of halogens is 1. The van der Waals surface area contributed by atoms with Gasteiger partial charge in [-0.3, -0.25) is 4.79 Å². The van der Waals surface area contributed by atoms with E-state index in [1.54, 1.807) is 26.2 Å². The van der Waals surface area contributed by atoms with Crippen LogP contribution in [0.1, 0.15) is 42.7 Å². The number of hydrogen-bond acceptors (Lipinski definition) is 7. The Kier molecular flexibility index (Phi) is 6.86. The number of rotatable bonds is 6. The number of aromatic hydroxyl groups is 1. The summed E-state index contributed by atoms with van der Waals surface area (Å²) >= 11 is 4.42. The number of carbonyl (C=O) groups excluding carboxylic acids is 1. The molecule has 2 aromatic carbocycles. The number of nitrogens with zero attached hydrogens (tertiary/aromatic N) is 3. The number of carbonyl (C=O) groups is 1. The highest BCUT2D eigenvalue weighted by Gasteiger charge is 2.28. The van der Waals surface area contributed by atoms with E-state index in [4.69, 9.17) is 0 Å². The van der Waals surface area contributed by atoms with Crippen LogP contribution in [0.2, 0.25) is 0 Å². The average Bonchev–Trinajstić information content (AvgIpc) is 3.14. The summed E-state index contributed by atoms with van der Waals surface area (Å²) in [5, 5.41) is 17.4. The number of benzene rings is 2. The predicted molar refractivity (Wildman–Crippen MR) is 129 cm³/mol. The molecule has 0 fully saturated rings. The van der Waals surface area contributed by atoms with Gasteiger partial charge in [-0.15, -0.1) is 0 Å². The zero-order valence-electron chi connectivity index (χ0n) is 18.1. The molecule has 3 aromatic rings. The van der Waals surface area contributed by atoms with Crippen LogP contribution in [0.5, 0.6) is 5.75 Å². The first-order valence-electron chi connectivity index (χ1n) is 9.73. The van der Waals surface area contributed by atoms with Gasteiger partial charge in [-0.1, -0.05) is 51.1 Å². The van der Waals surface area contributed by atoms with E-state index in [2.05, 4.69) is 68.2 Å². The molecule has 3 rings (SSSR count). The van der Waals surface area contributed by atoms with Crippen molar-refractivity contribution in [1.29, 1.82) is 0 Å². The normalized spacial score (nSPS) is 12.3. The Bertz CT molecular complexity index is 1060. The van der Waals surface area contributed by atoms with Gasteiger partial charge in [-0.2, -0.15) is 8.75 Å². The summed E-state index contributed by atoms with van der Waals surface area (Å²) < 4.78 is 9.28. The molecule has 9 heteroatoms. The van der Waals surface area contributed by atoms with Crippen molar-refractivity contribution in [3.63, 3.8) is 0 Å². The van der Waals surface area contributed by atoms with Gasteiger partial charge in [0.15, 0.2) is 17.4 Å². The van der Waals surface area contributed by atoms with Crippen molar-refractivity contribution in [3.8, 4) is 5.75 Å². The zero-order chi connectivity index (χ0) is 22.8. The SMILES string of the molecule is CN(C)C(=O)c1c(Br)ccc(Nc2nsnc2N[C@@H](c2ccccc2)C(C)(C)C)c1O. The lowest BCUT2D eigenvalue weighted by atomic mass is 9.82. The van der Waals surface area contributed by atoms with Crippen molar-refractivity contribution in [2.24, 2.45) is 5.41 Å². The molecular weight excluding hydrogens is 478 g/mol. The standard InChI is InChI=1S/C22H26BrN5O2S/c1-22(2,3)18(13-9-7-6-8-10-13)25-20-19(26-31-27-20)24-15-12-11-14(23)16(17(15)29)21(30)28(4)5/h6-12,18,29H,1-5H3,(H,24,26)(H,25,27)/t18-/m0/s1. The van der Waals surface area contributed by atoms with E-state index in [-0.39, 0.29) is 28.7 Å². The van der Waals surface area contributed by atoms with Crippen LogP contribution in [0.4, 0.5) is 17.3 Å². The Morgan fingerprint density at radius 1 is 1.10 bits per heavy atom. The van der Waals surface area contributed by atoms with Gasteiger partial charge in [0.05, 0.1) is 29.0 Å². The fraction of sp³-hybridized carbons (Fsp3) is 0.318. The maximum atomic E-state index is 12.5. The van der Waals surface area contributed by atoms with Crippen molar-refractivity contribution in [2.75, 3.05) is 24.7 Å². The first kappa shape index (κ1) is 23.0. The van der Waals surface area contributed by atoms with Crippen molar-refractivity contribution >= 4 is 50.9 Å². The number of amides is 1. The van der Waals surface area contributed by atoms with E-state index in [1.807, 2.05) is 18.2 Å². The summed E-state index contributed by atoms with van der Waals surface area (Å²) in [7, 11) is 3.27. The molecule has 1 heterocycles. The number of phenols is 1. The molecule has 164 valence electrons. The number of nitrogens with one attached hydrogen (secondary N) is 2. The third-order valence-corrected chi connectivity index (χ3v) is 5.96. The molecule has 0 spiro atoms. The number of aromatic nitrogens is 2. The second kappa shape index (κ2) is 9.23. The van der Waals surface area contributed by atoms with Crippen LogP contribution in [0, 0.1) is 5.41 Å². The zero-order valence-corrected chi connectivity index (χ0v) is 20.5. The van der Waals surface area contributed by atoms with Crippen LogP contribution < -0.4 is 10.6 Å². The summed E-state index contributed by atoms with van der Waals surface area (Å²) in [6.45, 7) is 6.47. The van der Waals surface area contributed by atoms with Crippen molar-refractivity contribution in [3.05, 3.63) is 58.1 Å². The minimum absolute atomic E-state index is 0.0115. The molecule has 0 aliphatic heterocycles. The molecule has 0 saturated heterocycles. The second-order valence-electron chi connectivity index (χ2n) is 8.46. The Hall–Kier alpha value is -2.65. The fourth-order valence-corrected chi connectivity index (χ4v) is 4.13. The van der Waals surface area contributed by atoms with Crippen LogP contribution in [0.25, 0.3) is 0 Å². The summed E-state index contributed by atoms with van der Waals surface area (Å²) in [6.07, 6.45) is 0. The van der Waals surface area contributed by atoms with Crippen LogP contribution in [0.3, 0.4) is 0 Å². The first-order valence-corrected chi connectivity index (χ1v) is 11.3. The van der Waals surface area contributed by atoms with E-state index >= 15 is 0 Å². The third-order valence-electron chi connectivity index (χ3n) is 4.77. The maximum Gasteiger partial charge on any atom is 0.258 e. The van der Waals surface area contributed by atoms with Crippen molar-refractivity contribution < 1.29 is 9.90 Å². The van der Waals surface area contributed by atoms with E-state index in [9.17, 15) is 9.90 Å². The van der Waals surface area contributed by atoms with Gasteiger partial charge in [0.1, 0.15) is 0 Å². The van der Waals surface area contributed by atoms with Crippen molar-refractivity contribution in [1.82, 2.24) is 13.6 Å². The predicted octanol–water partition coefficient (Wildman–Crippen LogP) is 5.65. The minimum atomic E-state index is -0.306. The lowest BCUT2D eigenvalue weighted by Gasteiger charge is -2.32. The molecule has 31 heavy (non-hydrogen) atoms. The summed E-state index contributed by atoms with van der Waals surface area (Å²) in [6, 6.07) is 13.6. The Morgan fingerprint density at radius 3 is 2.35 bits per heavy atom. The summed E-state index contributed by atoms with van der Waals surface area (Å²) in [5.41, 5.74) is 1.60. The monoisotopic (exact) mass is 503 g/mol. The lowest BCUT2D eigenvalue weighted by Crippen LogP contribution is -2.26. The number of hydrogen-bond donors (Lipinski definition) is 3. The van der Waals surface area contributed by atoms with Crippen LogP contribution in [-0.4, -0.2) is 38.8 Å². The number of anilines is 3. The van der Waals surface area contributed by atoms with Crippen molar-refractivity contribution in [2.45, 2.75) is 26.8 Å². The van der Waals surface area contributed by atoms with Gasteiger partial charge in [0.25, 0.3) is 5.91 Å². The summed E-state index contributed by atoms with van der Waals surface area (Å²) in [5.74, 6) is 0.606. The molecule has 1 amide bonds. The smallest absolute Gasteiger partial charge is 0.258 e. The minimum Gasteiger partial charge on any atom is -0.505 e. The van der Waals surface area contributed by atoms with Gasteiger partial charge in [-0.05, 0) is 39.0 Å². The van der Waals surface area contributed by atoms with Crippen LogP contribution in [-0.2, 0) is 0 Å². The van der Waals surface area contributed by atoms with E-state index < -0.39 is 0 Å². The molecule has 1 atom stereocenters. The molecular formula is C22H26BrN5O2S. The van der Waals surface area contributed by atoms with Gasteiger partial charge < -0.3 is 20.6 Å². The highest BCUT2D eigenvalue weighted by Crippen LogP contribution is 2.40. The topological polar surface area (TPSA) is 90.4 Å². The van der Waals surface area contributed by atoms with Gasteiger partial charge >= 0.3 is 0 Å². The maximum absolute atomic E-state index is 12.5. The van der Waals surface area contributed by atoms with Gasteiger partial charge in [0.2, 0.25) is 0 Å². The Balaban J connectivity index is 1.93. The molecule has 0 saturated carbocycles. The molecule has 1 aromatic heterocycles. The van der Waals surface area contributed by atoms with E-state index in [0.29, 0.717) is 21.8 Å². The Labute approximate surface area is 195 Å². The van der Waals surface area contributed by atoms with Gasteiger partial charge in [-0.25, -0.2) is 0 Å². The van der Waals surface area contributed by atoms with E-state index in [0.717, 1.165) is 17.3 Å². The Morgan fingerprint density at radius 2 is 1.74 bits per heavy atom. The largest absolute Gasteiger partial charge is 0.505 e. The molecule has 0 unspecified atom stereocenters. The fourth-order valence-electron chi connectivity index (χ4n) is 3.17.